The molecule has 0 amide bonds. The maximum absolute atomic E-state index is 2.83. The van der Waals surface area contributed by atoms with Gasteiger partial charge in [0.15, 0.2) is 0 Å². The number of hydrogen-bond acceptors (Lipinski definition) is 0. The van der Waals surface area contributed by atoms with Crippen molar-refractivity contribution >= 4 is 0 Å². The molecule has 0 N–H and O–H groups in total. The van der Waals surface area contributed by atoms with Gasteiger partial charge in [0, 0.05) is 0 Å². The Kier molecular flexibility index (Phi) is 5.75. The van der Waals surface area contributed by atoms with Crippen LogP contribution in [0.5, 0.6) is 0 Å². The number of unbranched alkanes of at least 4 members (excludes halogenated alkanes) is 2. The lowest BCUT2D eigenvalue weighted by molar-refractivity contribution is -0.241. The Labute approximate surface area is 201 Å². The van der Waals surface area contributed by atoms with Gasteiger partial charge in [-0.25, -0.2) is 0 Å². The SMILES string of the molecule is CCCCCC1CC[C@@]2(C)[C@@H]1CC[C@]1(C)[C@@H]2CC[C@@H]2[C@@]3(C)CCCC(C)(C)[C@@H]3CC[C@]21C. The third-order valence-electron chi connectivity index (χ3n) is 14.0. The molecule has 0 aromatic heterocycles. The molecule has 0 aromatic rings. The van der Waals surface area contributed by atoms with Crippen LogP contribution in [0.15, 0.2) is 0 Å². The van der Waals surface area contributed by atoms with Crippen LogP contribution in [0, 0.1) is 56.7 Å². The van der Waals surface area contributed by atoms with E-state index in [1.165, 1.54) is 57.8 Å². The van der Waals surface area contributed by atoms with Crippen LogP contribution >= 0.6 is 0 Å². The summed E-state index contributed by atoms with van der Waals surface area (Å²) in [6.07, 6.45) is 22.6. The van der Waals surface area contributed by atoms with Crippen molar-refractivity contribution in [1.29, 1.82) is 0 Å². The average molecular weight is 441 g/mol. The quantitative estimate of drug-likeness (QED) is 0.381. The second kappa shape index (κ2) is 7.75. The smallest absolute Gasteiger partial charge is 0.0235 e. The first kappa shape index (κ1) is 23.7. The predicted molar refractivity (Wildman–Crippen MR) is 139 cm³/mol. The van der Waals surface area contributed by atoms with Crippen molar-refractivity contribution in [2.45, 2.75) is 145 Å². The second-order valence-corrected chi connectivity index (χ2v) is 15.4. The zero-order valence-electron chi connectivity index (χ0n) is 23.0. The summed E-state index contributed by atoms with van der Waals surface area (Å²) in [6.45, 7) is 18.8. The van der Waals surface area contributed by atoms with E-state index in [2.05, 4.69) is 48.5 Å². The Morgan fingerprint density at radius 3 is 1.94 bits per heavy atom. The maximum Gasteiger partial charge on any atom is -0.0235 e. The Hall–Kier alpha value is 0. The molecule has 0 bridgehead atoms. The summed E-state index contributed by atoms with van der Waals surface area (Å²) in [6, 6.07) is 0. The topological polar surface area (TPSA) is 0 Å². The molecule has 0 radical (unpaired) electrons. The van der Waals surface area contributed by atoms with Crippen LogP contribution in [0.1, 0.15) is 145 Å². The van der Waals surface area contributed by atoms with Crippen LogP contribution in [-0.4, -0.2) is 0 Å². The van der Waals surface area contributed by atoms with Gasteiger partial charge in [0.2, 0.25) is 0 Å². The van der Waals surface area contributed by atoms with Gasteiger partial charge in [0.25, 0.3) is 0 Å². The van der Waals surface area contributed by atoms with Crippen molar-refractivity contribution in [2.24, 2.45) is 56.7 Å². The fourth-order valence-electron chi connectivity index (χ4n) is 12.4. The first-order valence-corrected chi connectivity index (χ1v) is 15.0. The molecule has 5 saturated carbocycles. The van der Waals surface area contributed by atoms with Gasteiger partial charge >= 0.3 is 0 Å². The lowest BCUT2D eigenvalue weighted by Crippen LogP contribution is -2.65. The third kappa shape index (κ3) is 3.05. The fraction of sp³-hybridized carbons (Fsp3) is 1.00. The molecule has 5 rings (SSSR count). The Balaban J connectivity index is 1.44. The molecule has 184 valence electrons. The van der Waals surface area contributed by atoms with E-state index in [0.29, 0.717) is 27.1 Å². The molecule has 0 spiro atoms. The molecule has 0 nitrogen and oxygen atoms in total. The molecular formula is C32H56. The molecule has 5 aliphatic rings. The summed E-state index contributed by atoms with van der Waals surface area (Å²) in [7, 11) is 0. The van der Waals surface area contributed by atoms with Crippen molar-refractivity contribution in [3.05, 3.63) is 0 Å². The van der Waals surface area contributed by atoms with Gasteiger partial charge < -0.3 is 0 Å². The van der Waals surface area contributed by atoms with Crippen LogP contribution < -0.4 is 0 Å². The Morgan fingerprint density at radius 2 is 1.25 bits per heavy atom. The molecule has 5 fully saturated rings. The third-order valence-corrected chi connectivity index (χ3v) is 14.0. The summed E-state index contributed by atoms with van der Waals surface area (Å²) in [4.78, 5) is 0. The minimum absolute atomic E-state index is 0.562. The van der Waals surface area contributed by atoms with E-state index in [9.17, 15) is 0 Å². The molecule has 0 heteroatoms. The van der Waals surface area contributed by atoms with E-state index in [4.69, 9.17) is 0 Å². The van der Waals surface area contributed by atoms with Crippen LogP contribution in [0.2, 0.25) is 0 Å². The van der Waals surface area contributed by atoms with Gasteiger partial charge in [0.05, 0.1) is 0 Å². The van der Waals surface area contributed by atoms with Crippen molar-refractivity contribution in [3.63, 3.8) is 0 Å². The number of hydrogen-bond donors (Lipinski definition) is 0. The van der Waals surface area contributed by atoms with Crippen LogP contribution in [0.4, 0.5) is 0 Å². The van der Waals surface area contributed by atoms with Crippen LogP contribution in [0.25, 0.3) is 0 Å². The van der Waals surface area contributed by atoms with Gasteiger partial charge in [-0.05, 0) is 121 Å². The van der Waals surface area contributed by atoms with E-state index in [1.807, 2.05) is 0 Å². The monoisotopic (exact) mass is 440 g/mol. The first-order chi connectivity index (χ1) is 15.0. The summed E-state index contributed by atoms with van der Waals surface area (Å²) in [5.74, 6) is 5.01. The summed E-state index contributed by atoms with van der Waals surface area (Å²) >= 11 is 0. The van der Waals surface area contributed by atoms with Crippen LogP contribution in [0.3, 0.4) is 0 Å². The standard InChI is InChI=1S/C32H56/c1-8-9-10-12-23-15-20-29(4)24(23)16-21-31(6)26(29)13-14-27-30(5)19-11-18-28(2,3)25(30)17-22-32(27,31)7/h23-27H,8-22H2,1-7H3/t23?,24-,25+,26-,27-,29+,30+,31-,32-/m1/s1. The Morgan fingerprint density at radius 1 is 0.594 bits per heavy atom. The van der Waals surface area contributed by atoms with E-state index >= 15 is 0 Å². The molecule has 5 aliphatic carbocycles. The summed E-state index contributed by atoms with van der Waals surface area (Å²) < 4.78 is 0. The van der Waals surface area contributed by atoms with Crippen molar-refractivity contribution in [3.8, 4) is 0 Å². The molecule has 0 aliphatic heterocycles. The zero-order chi connectivity index (χ0) is 23.0. The average Bonchev–Trinajstić information content (AvgIpc) is 3.04. The lowest BCUT2D eigenvalue weighted by Gasteiger charge is -2.73. The molecule has 0 heterocycles. The van der Waals surface area contributed by atoms with E-state index in [0.717, 1.165) is 29.6 Å². The molecule has 1 unspecified atom stereocenters. The molecular weight excluding hydrogens is 384 g/mol. The zero-order valence-corrected chi connectivity index (χ0v) is 23.0. The predicted octanol–water partition coefficient (Wildman–Crippen LogP) is 10.1. The van der Waals surface area contributed by atoms with Gasteiger partial charge in [0.1, 0.15) is 0 Å². The van der Waals surface area contributed by atoms with Crippen LogP contribution in [-0.2, 0) is 0 Å². The normalized spacial score (nSPS) is 54.3. The van der Waals surface area contributed by atoms with Gasteiger partial charge in [-0.2, -0.15) is 0 Å². The maximum atomic E-state index is 2.83. The largest absolute Gasteiger partial charge is 0.0654 e. The van der Waals surface area contributed by atoms with Crippen molar-refractivity contribution in [1.82, 2.24) is 0 Å². The second-order valence-electron chi connectivity index (χ2n) is 15.4. The van der Waals surface area contributed by atoms with E-state index < -0.39 is 0 Å². The highest BCUT2D eigenvalue weighted by Gasteiger charge is 2.70. The molecule has 0 saturated heterocycles. The molecule has 0 aromatic carbocycles. The summed E-state index contributed by atoms with van der Waals surface area (Å²) in [5, 5.41) is 0. The van der Waals surface area contributed by atoms with Gasteiger partial charge in [-0.3, -0.25) is 0 Å². The van der Waals surface area contributed by atoms with E-state index in [-0.39, 0.29) is 0 Å². The molecule has 32 heavy (non-hydrogen) atoms. The number of fused-ring (bicyclic) bond motifs is 7. The highest BCUT2D eigenvalue weighted by atomic mass is 14.7. The van der Waals surface area contributed by atoms with Gasteiger partial charge in [-0.15, -0.1) is 0 Å². The fourth-order valence-corrected chi connectivity index (χ4v) is 12.4. The van der Waals surface area contributed by atoms with Crippen molar-refractivity contribution in [2.75, 3.05) is 0 Å². The minimum Gasteiger partial charge on any atom is -0.0654 e. The Bertz CT molecular complexity index is 705. The minimum atomic E-state index is 0.562. The van der Waals surface area contributed by atoms with Gasteiger partial charge in [-0.1, -0.05) is 80.6 Å². The highest BCUT2D eigenvalue weighted by Crippen LogP contribution is 2.77. The van der Waals surface area contributed by atoms with Crippen molar-refractivity contribution < 1.29 is 0 Å². The summed E-state index contributed by atoms with van der Waals surface area (Å²) in [5.41, 5.74) is 2.95. The lowest BCUT2D eigenvalue weighted by atomic mass is 9.32. The number of rotatable bonds is 4. The highest BCUT2D eigenvalue weighted by molar-refractivity contribution is 5.18. The molecule has 9 atom stereocenters. The van der Waals surface area contributed by atoms with E-state index in [1.54, 1.807) is 38.5 Å². The first-order valence-electron chi connectivity index (χ1n) is 15.0.